The molecular weight excluding hydrogens is 165 g/mol. The van der Waals surface area contributed by atoms with Gasteiger partial charge in [-0.25, -0.2) is 0 Å². The number of halogens is 3. The summed E-state index contributed by atoms with van der Waals surface area (Å²) in [6, 6.07) is 0. The average Bonchev–Trinajstić information content (AvgIpc) is 1.46. The van der Waals surface area contributed by atoms with Crippen LogP contribution < -0.4 is 0 Å². The highest BCUT2D eigenvalue weighted by atomic mass is 19.4. The first-order valence-electron chi connectivity index (χ1n) is 4.38. The molecule has 70 valence electrons. The Hall–Kier alpha value is -0.210. The van der Waals surface area contributed by atoms with E-state index < -0.39 is 11.6 Å². The van der Waals surface area contributed by atoms with Crippen molar-refractivity contribution in [3.05, 3.63) is 0 Å². The first-order chi connectivity index (χ1) is 5.31. The summed E-state index contributed by atoms with van der Waals surface area (Å²) < 4.78 is 37.1. The minimum Gasteiger partial charge on any atom is -0.171 e. The lowest BCUT2D eigenvalue weighted by atomic mass is 9.32. The molecule has 0 aromatic rings. The maximum absolute atomic E-state index is 12.4. The van der Waals surface area contributed by atoms with Crippen LogP contribution in [0.2, 0.25) is 0 Å². The Kier molecular flexibility index (Phi) is 1.28. The van der Waals surface area contributed by atoms with Crippen molar-refractivity contribution in [2.45, 2.75) is 39.3 Å². The zero-order valence-corrected chi connectivity index (χ0v) is 7.33. The first-order valence-corrected chi connectivity index (χ1v) is 4.38. The Balaban J connectivity index is 2.05. The van der Waals surface area contributed by atoms with E-state index in [0.29, 0.717) is 25.2 Å². The molecule has 0 atom stereocenters. The monoisotopic (exact) mass is 178 g/mol. The van der Waals surface area contributed by atoms with Gasteiger partial charge in [0.1, 0.15) is 0 Å². The molecule has 0 amide bonds. The summed E-state index contributed by atoms with van der Waals surface area (Å²) in [5.41, 5.74) is -1.19. The smallest absolute Gasteiger partial charge is 0.171 e. The number of alkyl halides is 3. The van der Waals surface area contributed by atoms with E-state index in [4.69, 9.17) is 0 Å². The Bertz CT molecular complexity index is 195. The van der Waals surface area contributed by atoms with Gasteiger partial charge in [0, 0.05) is 0 Å². The molecule has 0 aromatic carbocycles. The molecule has 3 saturated carbocycles. The largest absolute Gasteiger partial charge is 0.394 e. The van der Waals surface area contributed by atoms with E-state index in [2.05, 4.69) is 0 Å². The molecule has 0 radical (unpaired) electrons. The molecule has 2 bridgehead atoms. The molecule has 0 aromatic heterocycles. The summed E-state index contributed by atoms with van der Waals surface area (Å²) in [6.07, 6.45) is -2.77. The van der Waals surface area contributed by atoms with Gasteiger partial charge >= 0.3 is 6.18 Å². The molecule has 3 aliphatic carbocycles. The maximum Gasteiger partial charge on any atom is 0.394 e. The van der Waals surface area contributed by atoms with E-state index >= 15 is 0 Å². The van der Waals surface area contributed by atoms with Gasteiger partial charge in [0.15, 0.2) is 0 Å². The molecule has 3 fully saturated rings. The van der Waals surface area contributed by atoms with E-state index in [-0.39, 0.29) is 5.41 Å². The van der Waals surface area contributed by atoms with E-state index in [1.807, 2.05) is 13.8 Å². The normalized spacial score (nSPS) is 45.5. The summed E-state index contributed by atoms with van der Waals surface area (Å²) >= 11 is 0. The van der Waals surface area contributed by atoms with Crippen LogP contribution in [0.15, 0.2) is 0 Å². The van der Waals surface area contributed by atoms with Gasteiger partial charge in [0.25, 0.3) is 0 Å². The fourth-order valence-corrected chi connectivity index (χ4v) is 2.78. The van der Waals surface area contributed by atoms with Crippen molar-refractivity contribution >= 4 is 0 Å². The lowest BCUT2D eigenvalue weighted by molar-refractivity contribution is -0.373. The maximum atomic E-state index is 12.4. The van der Waals surface area contributed by atoms with Crippen LogP contribution in [-0.2, 0) is 0 Å². The highest BCUT2D eigenvalue weighted by molar-refractivity contribution is 5.20. The second-order valence-electron chi connectivity index (χ2n) is 4.83. The van der Waals surface area contributed by atoms with Crippen molar-refractivity contribution in [3.63, 3.8) is 0 Å². The summed E-state index contributed by atoms with van der Waals surface area (Å²) in [5.74, 6) is 0.418. The van der Waals surface area contributed by atoms with Gasteiger partial charge in [-0.05, 0) is 30.6 Å². The van der Waals surface area contributed by atoms with Gasteiger partial charge in [-0.2, -0.15) is 13.2 Å². The molecule has 0 spiro atoms. The topological polar surface area (TPSA) is 0 Å². The van der Waals surface area contributed by atoms with E-state index in [0.717, 1.165) is 0 Å². The van der Waals surface area contributed by atoms with Crippen LogP contribution in [0.1, 0.15) is 33.1 Å². The van der Waals surface area contributed by atoms with E-state index in [1.54, 1.807) is 0 Å². The van der Waals surface area contributed by atoms with Crippen LogP contribution in [0.5, 0.6) is 0 Å². The molecule has 0 aliphatic heterocycles. The van der Waals surface area contributed by atoms with Crippen LogP contribution in [0, 0.1) is 16.7 Å². The molecule has 0 N–H and O–H groups in total. The van der Waals surface area contributed by atoms with Gasteiger partial charge in [0.05, 0.1) is 5.41 Å². The Morgan fingerprint density at radius 3 is 1.75 bits per heavy atom. The van der Waals surface area contributed by atoms with Crippen molar-refractivity contribution in [3.8, 4) is 0 Å². The van der Waals surface area contributed by atoms with E-state index in [9.17, 15) is 13.2 Å². The van der Waals surface area contributed by atoms with Crippen molar-refractivity contribution in [1.29, 1.82) is 0 Å². The van der Waals surface area contributed by atoms with Crippen LogP contribution in [0.3, 0.4) is 0 Å². The molecule has 3 heteroatoms. The Morgan fingerprint density at radius 2 is 1.50 bits per heavy atom. The molecule has 0 unspecified atom stereocenters. The van der Waals surface area contributed by atoms with Gasteiger partial charge in [-0.1, -0.05) is 13.8 Å². The number of rotatable bonds is 1. The quantitative estimate of drug-likeness (QED) is 0.577. The molecular formula is C9H13F3. The van der Waals surface area contributed by atoms with Crippen LogP contribution in [0.4, 0.5) is 13.2 Å². The minimum atomic E-state index is -3.94. The molecule has 3 rings (SSSR count). The van der Waals surface area contributed by atoms with Gasteiger partial charge < -0.3 is 0 Å². The lowest BCUT2D eigenvalue weighted by Crippen LogP contribution is -2.69. The van der Waals surface area contributed by atoms with Gasteiger partial charge in [0.2, 0.25) is 0 Å². The SMILES string of the molecule is CC(C)C12CC(C(F)(F)F)(C1)C2. The third-order valence-electron chi connectivity index (χ3n) is 3.90. The van der Waals surface area contributed by atoms with E-state index in [1.165, 1.54) is 0 Å². The first kappa shape index (κ1) is 8.39. The summed E-state index contributed by atoms with van der Waals surface area (Å²) in [4.78, 5) is 0. The van der Waals surface area contributed by atoms with Crippen molar-refractivity contribution in [2.24, 2.45) is 16.7 Å². The third kappa shape index (κ3) is 0.704. The fraction of sp³-hybridized carbons (Fsp3) is 1.00. The second kappa shape index (κ2) is 1.83. The number of hydrogen-bond acceptors (Lipinski definition) is 0. The highest BCUT2D eigenvalue weighted by Gasteiger charge is 2.78. The van der Waals surface area contributed by atoms with Gasteiger partial charge in [-0.3, -0.25) is 0 Å². The zero-order valence-electron chi connectivity index (χ0n) is 7.33. The van der Waals surface area contributed by atoms with Crippen molar-refractivity contribution in [2.75, 3.05) is 0 Å². The second-order valence-corrected chi connectivity index (χ2v) is 4.83. The molecule has 3 aliphatic rings. The average molecular weight is 178 g/mol. The summed E-state index contributed by atoms with van der Waals surface area (Å²) in [6.45, 7) is 4.05. The lowest BCUT2D eigenvalue weighted by Gasteiger charge is -2.72. The standard InChI is InChI=1S/C9H13F3/c1-6(2)7-3-8(4-7,5-7)9(10,11)12/h6H,3-5H2,1-2H3. The van der Waals surface area contributed by atoms with Crippen LogP contribution in [-0.4, -0.2) is 6.18 Å². The summed E-state index contributed by atoms with van der Waals surface area (Å²) in [5, 5.41) is 0. The summed E-state index contributed by atoms with van der Waals surface area (Å²) in [7, 11) is 0. The Labute approximate surface area is 70.1 Å². The molecule has 0 heterocycles. The Morgan fingerprint density at radius 1 is 1.08 bits per heavy atom. The predicted molar refractivity (Wildman–Crippen MR) is 39.6 cm³/mol. The van der Waals surface area contributed by atoms with Crippen LogP contribution in [0.25, 0.3) is 0 Å². The third-order valence-corrected chi connectivity index (χ3v) is 3.90. The van der Waals surface area contributed by atoms with Crippen molar-refractivity contribution < 1.29 is 13.2 Å². The highest BCUT2D eigenvalue weighted by Crippen LogP contribution is 2.80. The predicted octanol–water partition coefficient (Wildman–Crippen LogP) is 3.38. The molecule has 0 nitrogen and oxygen atoms in total. The van der Waals surface area contributed by atoms with Crippen LogP contribution >= 0.6 is 0 Å². The molecule has 12 heavy (non-hydrogen) atoms. The van der Waals surface area contributed by atoms with Crippen molar-refractivity contribution in [1.82, 2.24) is 0 Å². The molecule has 0 saturated heterocycles. The number of hydrogen-bond donors (Lipinski definition) is 0. The minimum absolute atomic E-state index is 0.0650. The zero-order chi connectivity index (χ0) is 9.20. The van der Waals surface area contributed by atoms with Gasteiger partial charge in [-0.15, -0.1) is 0 Å². The fourth-order valence-electron chi connectivity index (χ4n) is 2.78.